The first-order chi connectivity index (χ1) is 19.9. The Hall–Kier alpha value is -3.99. The van der Waals surface area contributed by atoms with Crippen LogP contribution in [0.2, 0.25) is 0 Å². The number of pyridine rings is 1. The number of alkyl halides is 3. The fraction of sp³-hybridized carbons (Fsp3) is 0.464. The van der Waals surface area contributed by atoms with E-state index in [0.29, 0.717) is 42.6 Å². The SMILES string of the molecule is CC#Cc1nc(N)cc(C2Cc3nc(OC)nc(N4CCCn5nc(C(=O)N(C)C)c(C)c5C4)c3CS2)c1C(F)(F)F. The number of carbonyl (C=O) groups is 1. The number of amides is 1. The number of nitrogens with two attached hydrogens (primary N) is 1. The summed E-state index contributed by atoms with van der Waals surface area (Å²) in [6.45, 7) is 5.11. The fourth-order valence-electron chi connectivity index (χ4n) is 5.37. The maximum Gasteiger partial charge on any atom is 0.419 e. The van der Waals surface area contributed by atoms with Crippen LogP contribution < -0.4 is 15.4 Å². The number of rotatable bonds is 4. The third-order valence-electron chi connectivity index (χ3n) is 7.35. The molecule has 10 nitrogen and oxygen atoms in total. The molecule has 222 valence electrons. The van der Waals surface area contributed by atoms with E-state index in [9.17, 15) is 18.0 Å². The van der Waals surface area contributed by atoms with Gasteiger partial charge in [0.25, 0.3) is 5.91 Å². The molecule has 0 radical (unpaired) electrons. The standard InChI is InChI=1S/C28H31F3N8O2S/c1-6-8-18-23(28(29,30)31)16(11-22(32)33-18)21-12-19-17(14-42-21)25(35-27(34-19)41-5)38-9-7-10-39-20(13-38)15(2)24(36-39)26(40)37(3)4/h11,21H,7,9-10,12-14H2,1-5H3,(H2,32,33). The van der Waals surface area contributed by atoms with Gasteiger partial charge in [0.2, 0.25) is 0 Å². The Kier molecular flexibility index (Phi) is 7.98. The molecule has 3 aromatic rings. The van der Waals surface area contributed by atoms with E-state index in [1.54, 1.807) is 14.1 Å². The molecule has 0 aliphatic carbocycles. The Morgan fingerprint density at radius 3 is 2.67 bits per heavy atom. The first kappa shape index (κ1) is 29.5. The van der Waals surface area contributed by atoms with Crippen molar-refractivity contribution >= 4 is 29.3 Å². The molecule has 42 heavy (non-hydrogen) atoms. The third kappa shape index (κ3) is 5.45. The topological polar surface area (TPSA) is 115 Å². The molecule has 1 atom stereocenters. The van der Waals surface area contributed by atoms with Crippen LogP contribution in [0.1, 0.15) is 68.4 Å². The molecule has 5 heterocycles. The molecule has 2 N–H and O–H groups in total. The predicted molar refractivity (Wildman–Crippen MR) is 153 cm³/mol. The van der Waals surface area contributed by atoms with E-state index in [1.165, 1.54) is 36.8 Å². The van der Waals surface area contributed by atoms with Crippen molar-refractivity contribution in [1.82, 2.24) is 29.6 Å². The minimum atomic E-state index is -4.66. The zero-order chi connectivity index (χ0) is 30.3. The van der Waals surface area contributed by atoms with E-state index in [4.69, 9.17) is 15.5 Å². The molecule has 0 spiro atoms. The van der Waals surface area contributed by atoms with Gasteiger partial charge in [-0.3, -0.25) is 9.48 Å². The van der Waals surface area contributed by atoms with Gasteiger partial charge in [-0.25, -0.2) is 4.98 Å². The Labute approximate surface area is 245 Å². The summed E-state index contributed by atoms with van der Waals surface area (Å²) in [7, 11) is 4.85. The van der Waals surface area contributed by atoms with Crippen molar-refractivity contribution in [3.8, 4) is 17.9 Å². The number of methoxy groups -OCH3 is 1. The monoisotopic (exact) mass is 600 g/mol. The number of hydrogen-bond acceptors (Lipinski definition) is 9. The van der Waals surface area contributed by atoms with Crippen LogP contribution in [0.25, 0.3) is 0 Å². The molecule has 0 bridgehead atoms. The Morgan fingerprint density at radius 1 is 1.24 bits per heavy atom. The van der Waals surface area contributed by atoms with Gasteiger partial charge in [-0.05, 0) is 37.8 Å². The number of ether oxygens (including phenoxy) is 1. The number of hydrogen-bond donors (Lipinski definition) is 1. The van der Waals surface area contributed by atoms with Gasteiger partial charge in [0.1, 0.15) is 17.3 Å². The molecule has 2 aliphatic rings. The van der Waals surface area contributed by atoms with Crippen molar-refractivity contribution in [2.75, 3.05) is 38.4 Å². The highest BCUT2D eigenvalue weighted by atomic mass is 32.2. The molecular weight excluding hydrogens is 569 g/mol. The lowest BCUT2D eigenvalue weighted by Gasteiger charge is -2.31. The van der Waals surface area contributed by atoms with Crippen LogP contribution in [0, 0.1) is 18.8 Å². The number of anilines is 2. The van der Waals surface area contributed by atoms with Crippen molar-refractivity contribution in [1.29, 1.82) is 0 Å². The highest BCUT2D eigenvalue weighted by molar-refractivity contribution is 7.98. The van der Waals surface area contributed by atoms with Gasteiger partial charge in [-0.2, -0.15) is 28.2 Å². The number of aryl methyl sites for hydroxylation is 1. The summed E-state index contributed by atoms with van der Waals surface area (Å²) < 4.78 is 50.2. The number of fused-ring (bicyclic) bond motifs is 2. The zero-order valence-corrected chi connectivity index (χ0v) is 24.8. The van der Waals surface area contributed by atoms with Crippen LogP contribution in [0.4, 0.5) is 24.8 Å². The van der Waals surface area contributed by atoms with E-state index in [-0.39, 0.29) is 35.4 Å². The van der Waals surface area contributed by atoms with Crippen LogP contribution in [-0.4, -0.2) is 63.3 Å². The lowest BCUT2D eigenvalue weighted by molar-refractivity contribution is -0.138. The van der Waals surface area contributed by atoms with Crippen molar-refractivity contribution in [2.24, 2.45) is 0 Å². The van der Waals surface area contributed by atoms with Crippen LogP contribution >= 0.6 is 11.8 Å². The molecular formula is C28H31F3N8O2S. The van der Waals surface area contributed by atoms with Crippen molar-refractivity contribution in [2.45, 2.75) is 57.0 Å². The normalized spacial score (nSPS) is 16.6. The molecule has 1 unspecified atom stereocenters. The smallest absolute Gasteiger partial charge is 0.419 e. The van der Waals surface area contributed by atoms with Crippen LogP contribution in [0.15, 0.2) is 6.07 Å². The van der Waals surface area contributed by atoms with E-state index in [0.717, 1.165) is 23.2 Å². The summed E-state index contributed by atoms with van der Waals surface area (Å²) >= 11 is 1.37. The molecule has 0 aromatic carbocycles. The molecule has 1 amide bonds. The van der Waals surface area contributed by atoms with Gasteiger partial charge in [-0.15, -0.1) is 11.8 Å². The van der Waals surface area contributed by atoms with Crippen molar-refractivity contribution in [3.63, 3.8) is 0 Å². The van der Waals surface area contributed by atoms with E-state index >= 15 is 0 Å². The van der Waals surface area contributed by atoms with E-state index < -0.39 is 17.0 Å². The number of carbonyl (C=O) groups excluding carboxylic acids is 1. The Morgan fingerprint density at radius 2 is 2.00 bits per heavy atom. The van der Waals surface area contributed by atoms with E-state index in [2.05, 4.69) is 31.8 Å². The second-order valence-corrected chi connectivity index (χ2v) is 11.5. The second-order valence-electron chi connectivity index (χ2n) is 10.3. The third-order valence-corrected chi connectivity index (χ3v) is 8.63. The van der Waals surface area contributed by atoms with Crippen molar-refractivity contribution < 1.29 is 22.7 Å². The molecule has 2 aliphatic heterocycles. The quantitative estimate of drug-likeness (QED) is 0.444. The second kappa shape index (κ2) is 11.4. The molecule has 3 aromatic heterocycles. The molecule has 0 saturated carbocycles. The lowest BCUT2D eigenvalue weighted by atomic mass is 9.97. The lowest BCUT2D eigenvalue weighted by Crippen LogP contribution is -2.28. The van der Waals surface area contributed by atoms with Crippen molar-refractivity contribution in [3.05, 3.63) is 51.1 Å². The van der Waals surface area contributed by atoms with Gasteiger partial charge < -0.3 is 20.3 Å². The van der Waals surface area contributed by atoms with Gasteiger partial charge in [0.05, 0.1) is 30.6 Å². The number of aromatic nitrogens is 5. The van der Waals surface area contributed by atoms with Gasteiger partial charge in [-0.1, -0.05) is 5.92 Å². The summed E-state index contributed by atoms with van der Waals surface area (Å²) in [5.41, 5.74) is 8.33. The molecule has 5 rings (SSSR count). The highest BCUT2D eigenvalue weighted by Gasteiger charge is 2.40. The Bertz CT molecular complexity index is 1610. The molecule has 0 saturated heterocycles. The van der Waals surface area contributed by atoms with Crippen LogP contribution in [-0.2, 0) is 31.4 Å². The highest BCUT2D eigenvalue weighted by Crippen LogP contribution is 2.47. The summed E-state index contributed by atoms with van der Waals surface area (Å²) in [6.07, 6.45) is -3.69. The average molecular weight is 601 g/mol. The number of nitrogens with zero attached hydrogens (tertiary/aromatic N) is 7. The predicted octanol–water partition coefficient (Wildman–Crippen LogP) is 4.00. The molecule has 14 heteroatoms. The summed E-state index contributed by atoms with van der Waals surface area (Å²) in [5, 5.41) is 4.01. The minimum Gasteiger partial charge on any atom is -0.467 e. The van der Waals surface area contributed by atoms with Crippen LogP contribution in [0.5, 0.6) is 6.01 Å². The Balaban J connectivity index is 1.54. The first-order valence-electron chi connectivity index (χ1n) is 13.3. The largest absolute Gasteiger partial charge is 0.467 e. The van der Waals surface area contributed by atoms with Gasteiger partial charge in [0.15, 0.2) is 5.69 Å². The zero-order valence-electron chi connectivity index (χ0n) is 24.0. The number of nitrogen functional groups attached to an aromatic ring is 1. The first-order valence-corrected chi connectivity index (χ1v) is 14.4. The average Bonchev–Trinajstić information content (AvgIpc) is 3.10. The van der Waals surface area contributed by atoms with Gasteiger partial charge in [0, 0.05) is 55.7 Å². The fourth-order valence-corrected chi connectivity index (χ4v) is 6.67. The maximum atomic E-state index is 14.3. The number of halogens is 3. The summed E-state index contributed by atoms with van der Waals surface area (Å²) in [6, 6.07) is 1.42. The summed E-state index contributed by atoms with van der Waals surface area (Å²) in [4.78, 5) is 29.5. The minimum absolute atomic E-state index is 0.0215. The van der Waals surface area contributed by atoms with Crippen LogP contribution in [0.3, 0.4) is 0 Å². The van der Waals surface area contributed by atoms with Gasteiger partial charge >= 0.3 is 12.2 Å². The van der Waals surface area contributed by atoms with E-state index in [1.807, 2.05) is 11.6 Å². The number of thioether (sulfide) groups is 1. The molecule has 0 fully saturated rings. The maximum absolute atomic E-state index is 14.3. The summed E-state index contributed by atoms with van der Waals surface area (Å²) in [5.74, 6) is 5.85.